The Kier molecular flexibility index (Phi) is 4.84. The van der Waals surface area contributed by atoms with E-state index in [1.807, 2.05) is 13.8 Å². The van der Waals surface area contributed by atoms with Crippen molar-refractivity contribution < 1.29 is 9.59 Å². The Hall–Kier alpha value is -1.90. The van der Waals surface area contributed by atoms with Crippen molar-refractivity contribution in [3.8, 4) is 0 Å². The van der Waals surface area contributed by atoms with Gasteiger partial charge in [0.25, 0.3) is 0 Å². The van der Waals surface area contributed by atoms with Crippen molar-refractivity contribution in [3.63, 3.8) is 0 Å². The molecule has 0 aromatic heterocycles. The predicted octanol–water partition coefficient (Wildman–Crippen LogP) is 3.43. The first-order chi connectivity index (χ1) is 8.40. The zero-order valence-corrected chi connectivity index (χ0v) is 11.1. The number of amides is 1. The van der Waals surface area contributed by atoms with E-state index >= 15 is 0 Å². The van der Waals surface area contributed by atoms with Crippen LogP contribution in [0.15, 0.2) is 36.4 Å². The number of rotatable bonds is 5. The molecule has 0 aliphatic carbocycles. The standard InChI is InChI=1S/C15H19NO2/c1-10(2)9-11(3)15(18)16-14-7-5-13(6-8-14)12(4)17/h5-8,11H,1,9H2,2-4H3,(H,16,18). The number of carbonyl (C=O) groups excluding carboxylic acids is 2. The van der Waals surface area contributed by atoms with Gasteiger partial charge in [-0.25, -0.2) is 0 Å². The summed E-state index contributed by atoms with van der Waals surface area (Å²) < 4.78 is 0. The first-order valence-electron chi connectivity index (χ1n) is 5.96. The lowest BCUT2D eigenvalue weighted by molar-refractivity contribution is -0.119. The van der Waals surface area contributed by atoms with E-state index in [0.717, 1.165) is 5.57 Å². The number of carbonyl (C=O) groups is 2. The molecule has 0 radical (unpaired) electrons. The van der Waals surface area contributed by atoms with Crippen molar-refractivity contribution in [2.45, 2.75) is 27.2 Å². The molecule has 0 aliphatic heterocycles. The summed E-state index contributed by atoms with van der Waals surface area (Å²) in [5, 5.41) is 2.82. The summed E-state index contributed by atoms with van der Waals surface area (Å²) in [6.45, 7) is 9.09. The molecule has 0 heterocycles. The van der Waals surface area contributed by atoms with E-state index in [9.17, 15) is 9.59 Å². The quantitative estimate of drug-likeness (QED) is 0.638. The molecule has 0 bridgehead atoms. The third kappa shape index (κ3) is 4.17. The molecule has 18 heavy (non-hydrogen) atoms. The lowest BCUT2D eigenvalue weighted by Crippen LogP contribution is -2.20. The van der Waals surface area contributed by atoms with Crippen molar-refractivity contribution in [1.29, 1.82) is 0 Å². The Morgan fingerprint density at radius 2 is 1.78 bits per heavy atom. The Bertz CT molecular complexity index is 460. The zero-order chi connectivity index (χ0) is 13.7. The van der Waals surface area contributed by atoms with Crippen LogP contribution in [0.2, 0.25) is 0 Å². The van der Waals surface area contributed by atoms with Gasteiger partial charge in [-0.3, -0.25) is 9.59 Å². The monoisotopic (exact) mass is 245 g/mol. The highest BCUT2D eigenvalue weighted by molar-refractivity contribution is 5.96. The number of hydrogen-bond acceptors (Lipinski definition) is 2. The van der Waals surface area contributed by atoms with Gasteiger partial charge in [-0.05, 0) is 44.5 Å². The van der Waals surface area contributed by atoms with Crippen molar-refractivity contribution in [1.82, 2.24) is 0 Å². The molecular weight excluding hydrogens is 226 g/mol. The van der Waals surface area contributed by atoms with Gasteiger partial charge in [0, 0.05) is 17.2 Å². The van der Waals surface area contributed by atoms with E-state index in [-0.39, 0.29) is 17.6 Å². The predicted molar refractivity (Wildman–Crippen MR) is 73.7 cm³/mol. The van der Waals surface area contributed by atoms with E-state index in [1.165, 1.54) is 6.92 Å². The van der Waals surface area contributed by atoms with Crippen molar-refractivity contribution >= 4 is 17.4 Å². The van der Waals surface area contributed by atoms with E-state index in [2.05, 4.69) is 11.9 Å². The number of hydrogen-bond donors (Lipinski definition) is 1. The topological polar surface area (TPSA) is 46.2 Å². The molecule has 1 aromatic rings. The van der Waals surface area contributed by atoms with Crippen LogP contribution in [0.1, 0.15) is 37.6 Å². The summed E-state index contributed by atoms with van der Waals surface area (Å²) in [6, 6.07) is 6.90. The van der Waals surface area contributed by atoms with Crippen LogP contribution in [0.5, 0.6) is 0 Å². The summed E-state index contributed by atoms with van der Waals surface area (Å²) in [5.41, 5.74) is 2.34. The zero-order valence-electron chi connectivity index (χ0n) is 11.1. The molecule has 1 amide bonds. The van der Waals surface area contributed by atoms with E-state index in [1.54, 1.807) is 24.3 Å². The number of anilines is 1. The van der Waals surface area contributed by atoms with E-state index in [4.69, 9.17) is 0 Å². The minimum Gasteiger partial charge on any atom is -0.326 e. The number of ketones is 1. The maximum atomic E-state index is 11.8. The third-order valence-electron chi connectivity index (χ3n) is 2.66. The molecule has 3 heteroatoms. The summed E-state index contributed by atoms with van der Waals surface area (Å²) in [7, 11) is 0. The molecule has 3 nitrogen and oxygen atoms in total. The first kappa shape index (κ1) is 14.2. The van der Waals surface area contributed by atoms with Crippen LogP contribution >= 0.6 is 0 Å². The molecule has 96 valence electrons. The highest BCUT2D eigenvalue weighted by atomic mass is 16.1. The van der Waals surface area contributed by atoms with Crippen LogP contribution in [0.4, 0.5) is 5.69 Å². The smallest absolute Gasteiger partial charge is 0.227 e. The summed E-state index contributed by atoms with van der Waals surface area (Å²) in [5.74, 6) is -0.118. The molecule has 1 atom stereocenters. The lowest BCUT2D eigenvalue weighted by atomic mass is 10.0. The molecule has 1 N–H and O–H groups in total. The van der Waals surface area contributed by atoms with Gasteiger partial charge in [-0.15, -0.1) is 6.58 Å². The van der Waals surface area contributed by atoms with Crippen molar-refractivity contribution in [2.75, 3.05) is 5.32 Å². The number of nitrogens with one attached hydrogen (secondary N) is 1. The van der Waals surface area contributed by atoms with Crippen LogP contribution in [0.25, 0.3) is 0 Å². The minimum atomic E-state index is -0.102. The normalized spacial score (nSPS) is 11.7. The van der Waals surface area contributed by atoms with Crippen LogP contribution in [-0.2, 0) is 4.79 Å². The van der Waals surface area contributed by atoms with Gasteiger partial charge in [-0.1, -0.05) is 12.5 Å². The Morgan fingerprint density at radius 3 is 2.22 bits per heavy atom. The fourth-order valence-electron chi connectivity index (χ4n) is 1.67. The van der Waals surface area contributed by atoms with Gasteiger partial charge in [0.05, 0.1) is 0 Å². The second kappa shape index (κ2) is 6.15. The molecule has 0 spiro atoms. The lowest BCUT2D eigenvalue weighted by Gasteiger charge is -2.12. The highest BCUT2D eigenvalue weighted by Gasteiger charge is 2.12. The molecule has 0 aliphatic rings. The summed E-state index contributed by atoms with van der Waals surface area (Å²) >= 11 is 0. The molecule has 1 aromatic carbocycles. The molecule has 1 rings (SSSR count). The van der Waals surface area contributed by atoms with Crippen LogP contribution in [-0.4, -0.2) is 11.7 Å². The second-order valence-electron chi connectivity index (χ2n) is 4.69. The summed E-state index contributed by atoms with van der Waals surface area (Å²) in [6.07, 6.45) is 0.678. The molecular formula is C15H19NO2. The average Bonchev–Trinajstić information content (AvgIpc) is 2.28. The fourth-order valence-corrected chi connectivity index (χ4v) is 1.67. The molecule has 0 saturated heterocycles. The molecule has 0 saturated carbocycles. The maximum absolute atomic E-state index is 11.8. The van der Waals surface area contributed by atoms with Crippen molar-refractivity contribution in [3.05, 3.63) is 42.0 Å². The molecule has 1 unspecified atom stereocenters. The van der Waals surface area contributed by atoms with Gasteiger partial charge < -0.3 is 5.32 Å². The second-order valence-corrected chi connectivity index (χ2v) is 4.69. The van der Waals surface area contributed by atoms with Crippen molar-refractivity contribution in [2.24, 2.45) is 5.92 Å². The highest BCUT2D eigenvalue weighted by Crippen LogP contribution is 2.14. The number of Topliss-reactive ketones (excluding diaryl/α,β-unsaturated/α-hetero) is 1. The fraction of sp³-hybridized carbons (Fsp3) is 0.333. The van der Waals surface area contributed by atoms with Gasteiger partial charge in [-0.2, -0.15) is 0 Å². The number of allylic oxidation sites excluding steroid dienone is 1. The van der Waals surface area contributed by atoms with Gasteiger partial charge in [0.2, 0.25) is 5.91 Å². The van der Waals surface area contributed by atoms with Gasteiger partial charge in [0.15, 0.2) is 5.78 Å². The largest absolute Gasteiger partial charge is 0.326 e. The van der Waals surface area contributed by atoms with Crippen LogP contribution in [0.3, 0.4) is 0 Å². The van der Waals surface area contributed by atoms with E-state index in [0.29, 0.717) is 17.7 Å². The first-order valence-corrected chi connectivity index (χ1v) is 5.96. The van der Waals surface area contributed by atoms with Gasteiger partial charge >= 0.3 is 0 Å². The Labute approximate surface area is 108 Å². The Balaban J connectivity index is 2.64. The minimum absolute atomic E-state index is 0.0172. The van der Waals surface area contributed by atoms with Crippen LogP contribution < -0.4 is 5.32 Å². The number of benzene rings is 1. The Morgan fingerprint density at radius 1 is 1.22 bits per heavy atom. The van der Waals surface area contributed by atoms with Crippen LogP contribution in [0, 0.1) is 5.92 Å². The third-order valence-corrected chi connectivity index (χ3v) is 2.66. The summed E-state index contributed by atoms with van der Waals surface area (Å²) in [4.78, 5) is 23.0. The van der Waals surface area contributed by atoms with Gasteiger partial charge in [0.1, 0.15) is 0 Å². The van der Waals surface area contributed by atoms with E-state index < -0.39 is 0 Å². The average molecular weight is 245 g/mol. The maximum Gasteiger partial charge on any atom is 0.227 e. The SMILES string of the molecule is C=C(C)CC(C)C(=O)Nc1ccc(C(C)=O)cc1. The molecule has 0 fully saturated rings.